The number of hydrogen-bond donors (Lipinski definition) is 1. The molecule has 1 atom stereocenters. The van der Waals surface area contributed by atoms with Crippen LogP contribution in [0.1, 0.15) is 51.0 Å². The van der Waals surface area contributed by atoms with Gasteiger partial charge in [0, 0.05) is 29.7 Å². The Bertz CT molecular complexity index is 851. The minimum Gasteiger partial charge on any atom is -0.497 e. The van der Waals surface area contributed by atoms with E-state index in [1.807, 2.05) is 61.5 Å². The van der Waals surface area contributed by atoms with Crippen molar-refractivity contribution in [2.75, 3.05) is 12.9 Å². The molecule has 1 aliphatic carbocycles. The lowest BCUT2D eigenvalue weighted by atomic mass is 9.95. The molecular formula is C26H34N2O3S. The Morgan fingerprint density at radius 3 is 2.41 bits per heavy atom. The maximum absolute atomic E-state index is 13.2. The van der Waals surface area contributed by atoms with Gasteiger partial charge in [-0.3, -0.25) is 9.59 Å². The van der Waals surface area contributed by atoms with Crippen molar-refractivity contribution in [2.24, 2.45) is 0 Å². The van der Waals surface area contributed by atoms with Gasteiger partial charge in [0.2, 0.25) is 11.8 Å². The van der Waals surface area contributed by atoms with Crippen molar-refractivity contribution in [3.63, 3.8) is 0 Å². The van der Waals surface area contributed by atoms with Gasteiger partial charge in [-0.2, -0.15) is 0 Å². The van der Waals surface area contributed by atoms with Crippen LogP contribution in [-0.4, -0.2) is 41.7 Å². The van der Waals surface area contributed by atoms with E-state index in [9.17, 15) is 9.59 Å². The highest BCUT2D eigenvalue weighted by Gasteiger charge is 2.27. The first-order chi connectivity index (χ1) is 15.6. The summed E-state index contributed by atoms with van der Waals surface area (Å²) in [7, 11) is 1.63. The van der Waals surface area contributed by atoms with Crippen molar-refractivity contribution >= 4 is 23.6 Å². The number of carbonyl (C=O) groups is 2. The number of methoxy groups -OCH3 is 1. The van der Waals surface area contributed by atoms with E-state index in [-0.39, 0.29) is 17.9 Å². The summed E-state index contributed by atoms with van der Waals surface area (Å²) in [6.45, 7) is 2.24. The zero-order valence-corrected chi connectivity index (χ0v) is 19.9. The van der Waals surface area contributed by atoms with Crippen molar-refractivity contribution in [1.82, 2.24) is 10.2 Å². The van der Waals surface area contributed by atoms with E-state index in [2.05, 4.69) is 5.32 Å². The van der Waals surface area contributed by atoms with Gasteiger partial charge in [-0.05, 0) is 49.6 Å². The summed E-state index contributed by atoms with van der Waals surface area (Å²) in [6.07, 6.45) is 5.99. The van der Waals surface area contributed by atoms with Gasteiger partial charge in [-0.15, -0.1) is 11.8 Å². The molecule has 0 saturated heterocycles. The molecule has 0 unspecified atom stereocenters. The highest BCUT2D eigenvalue weighted by Crippen LogP contribution is 2.21. The van der Waals surface area contributed by atoms with Crippen LogP contribution in [0.25, 0.3) is 0 Å². The molecule has 3 rings (SSSR count). The molecule has 32 heavy (non-hydrogen) atoms. The van der Waals surface area contributed by atoms with E-state index >= 15 is 0 Å². The van der Waals surface area contributed by atoms with Crippen LogP contribution < -0.4 is 10.1 Å². The van der Waals surface area contributed by atoms with E-state index in [1.54, 1.807) is 23.8 Å². The number of nitrogens with one attached hydrogen (secondary N) is 1. The zero-order valence-electron chi connectivity index (χ0n) is 19.1. The van der Waals surface area contributed by atoms with Crippen molar-refractivity contribution in [1.29, 1.82) is 0 Å². The van der Waals surface area contributed by atoms with Gasteiger partial charge in [-0.25, -0.2) is 0 Å². The third-order valence-corrected chi connectivity index (χ3v) is 6.97. The molecule has 6 heteroatoms. The van der Waals surface area contributed by atoms with Crippen LogP contribution in [-0.2, 0) is 16.1 Å². The minimum absolute atomic E-state index is 0.00413. The smallest absolute Gasteiger partial charge is 0.242 e. The fourth-order valence-corrected chi connectivity index (χ4v) is 4.86. The Kier molecular flexibility index (Phi) is 9.47. The lowest BCUT2D eigenvalue weighted by Crippen LogP contribution is -2.50. The number of carbonyl (C=O) groups excluding carboxylic acids is 2. The molecule has 1 fully saturated rings. The van der Waals surface area contributed by atoms with Crippen molar-refractivity contribution < 1.29 is 14.3 Å². The Morgan fingerprint density at radius 1 is 1.06 bits per heavy atom. The number of amides is 2. The summed E-state index contributed by atoms with van der Waals surface area (Å²) in [5.41, 5.74) is 0.979. The van der Waals surface area contributed by atoms with Crippen LogP contribution in [0.3, 0.4) is 0 Å². The molecule has 0 spiro atoms. The Hall–Kier alpha value is -2.47. The molecule has 0 bridgehead atoms. The Labute approximate surface area is 195 Å². The molecule has 0 radical (unpaired) electrons. The SMILES string of the molecule is COc1ccc(CN(C(=O)CCSc2ccccc2)[C@@H](C)C(=O)NC2CCCCC2)cc1. The van der Waals surface area contributed by atoms with E-state index in [4.69, 9.17) is 4.74 Å². The Balaban J connectivity index is 1.65. The predicted octanol–water partition coefficient (Wildman–Crippen LogP) is 5.04. The molecule has 1 N–H and O–H groups in total. The summed E-state index contributed by atoms with van der Waals surface area (Å²) < 4.78 is 5.24. The van der Waals surface area contributed by atoms with Crippen LogP contribution in [0.5, 0.6) is 5.75 Å². The second-order valence-corrected chi connectivity index (χ2v) is 9.47. The fourth-order valence-electron chi connectivity index (χ4n) is 4.00. The summed E-state index contributed by atoms with van der Waals surface area (Å²) in [4.78, 5) is 29.1. The normalized spacial score (nSPS) is 15.1. The zero-order chi connectivity index (χ0) is 22.8. The molecule has 0 aliphatic heterocycles. The van der Waals surface area contributed by atoms with Gasteiger partial charge in [-0.1, -0.05) is 49.6 Å². The molecule has 1 saturated carbocycles. The first kappa shape index (κ1) is 24.2. The fraction of sp³-hybridized carbons (Fsp3) is 0.462. The summed E-state index contributed by atoms with van der Waals surface area (Å²) in [5.74, 6) is 1.39. The van der Waals surface area contributed by atoms with E-state index < -0.39 is 6.04 Å². The largest absolute Gasteiger partial charge is 0.497 e. The highest BCUT2D eigenvalue weighted by molar-refractivity contribution is 7.99. The summed E-state index contributed by atoms with van der Waals surface area (Å²) >= 11 is 1.66. The average Bonchev–Trinajstić information content (AvgIpc) is 2.83. The number of ether oxygens (including phenoxy) is 1. The first-order valence-electron chi connectivity index (χ1n) is 11.5. The van der Waals surface area contributed by atoms with Gasteiger partial charge in [0.15, 0.2) is 0 Å². The number of benzene rings is 2. The lowest BCUT2D eigenvalue weighted by Gasteiger charge is -2.31. The Morgan fingerprint density at radius 2 is 1.75 bits per heavy atom. The number of thioether (sulfide) groups is 1. The van der Waals surface area contributed by atoms with Gasteiger partial charge in [0.05, 0.1) is 7.11 Å². The number of hydrogen-bond acceptors (Lipinski definition) is 4. The topological polar surface area (TPSA) is 58.6 Å². The molecule has 0 heterocycles. The van der Waals surface area contributed by atoms with Gasteiger partial charge >= 0.3 is 0 Å². The van der Waals surface area contributed by atoms with Crippen molar-refractivity contribution in [2.45, 2.75) is 69.0 Å². The standard InChI is InChI=1S/C26H34N2O3S/c1-20(26(30)27-22-9-5-3-6-10-22)28(19-21-13-15-23(31-2)16-14-21)25(29)17-18-32-24-11-7-4-8-12-24/h4,7-8,11-16,20,22H,3,5-6,9-10,17-19H2,1-2H3,(H,27,30)/t20-/m0/s1. The van der Waals surface area contributed by atoms with E-state index in [1.165, 1.54) is 6.42 Å². The van der Waals surface area contributed by atoms with E-state index in [0.29, 0.717) is 18.7 Å². The van der Waals surface area contributed by atoms with Gasteiger partial charge in [0.1, 0.15) is 11.8 Å². The molecule has 2 aromatic carbocycles. The van der Waals surface area contributed by atoms with Gasteiger partial charge in [0.25, 0.3) is 0 Å². The summed E-state index contributed by atoms with van der Waals surface area (Å²) in [6, 6.07) is 17.4. The monoisotopic (exact) mass is 454 g/mol. The predicted molar refractivity (Wildman–Crippen MR) is 130 cm³/mol. The van der Waals surface area contributed by atoms with Crippen LogP contribution in [0, 0.1) is 0 Å². The average molecular weight is 455 g/mol. The quantitative estimate of drug-likeness (QED) is 0.511. The number of rotatable bonds is 10. The third kappa shape index (κ3) is 7.30. The third-order valence-electron chi connectivity index (χ3n) is 5.96. The summed E-state index contributed by atoms with van der Waals surface area (Å²) in [5, 5.41) is 3.18. The minimum atomic E-state index is -0.520. The molecule has 2 amide bonds. The van der Waals surface area contributed by atoms with Crippen LogP contribution >= 0.6 is 11.8 Å². The maximum Gasteiger partial charge on any atom is 0.242 e. The molecule has 172 valence electrons. The second-order valence-electron chi connectivity index (χ2n) is 8.30. The molecule has 5 nitrogen and oxygen atoms in total. The molecule has 2 aromatic rings. The first-order valence-corrected chi connectivity index (χ1v) is 12.5. The van der Waals surface area contributed by atoms with Crippen LogP contribution in [0.4, 0.5) is 0 Å². The maximum atomic E-state index is 13.2. The van der Waals surface area contributed by atoms with Crippen molar-refractivity contribution in [3.05, 3.63) is 60.2 Å². The van der Waals surface area contributed by atoms with Gasteiger partial charge < -0.3 is 15.0 Å². The van der Waals surface area contributed by atoms with Crippen LogP contribution in [0.2, 0.25) is 0 Å². The van der Waals surface area contributed by atoms with Crippen LogP contribution in [0.15, 0.2) is 59.5 Å². The molecule has 1 aliphatic rings. The molecule has 0 aromatic heterocycles. The highest BCUT2D eigenvalue weighted by atomic mass is 32.2. The second kappa shape index (κ2) is 12.5. The van der Waals surface area contributed by atoms with E-state index in [0.717, 1.165) is 41.9 Å². The lowest BCUT2D eigenvalue weighted by molar-refractivity contribution is -0.140. The molecular weight excluding hydrogens is 420 g/mol. The number of nitrogens with zero attached hydrogens (tertiary/aromatic N) is 1. The van der Waals surface area contributed by atoms with Crippen molar-refractivity contribution in [3.8, 4) is 5.75 Å².